The third-order valence-corrected chi connectivity index (χ3v) is 3.71. The average molecular weight is 354 g/mol. The van der Waals surface area contributed by atoms with Gasteiger partial charge in [0.05, 0.1) is 16.9 Å². The summed E-state index contributed by atoms with van der Waals surface area (Å²) in [4.78, 5) is 11.8. The molecule has 0 fully saturated rings. The van der Waals surface area contributed by atoms with E-state index in [-0.39, 0.29) is 12.5 Å². The summed E-state index contributed by atoms with van der Waals surface area (Å²) in [6.45, 7) is -0.166. The van der Waals surface area contributed by atoms with Crippen LogP contribution in [0.4, 0.5) is 0 Å². The first-order valence-electron chi connectivity index (χ1n) is 7.66. The van der Waals surface area contributed by atoms with Crippen LogP contribution in [0.1, 0.15) is 5.69 Å². The molecule has 0 aliphatic carbocycles. The number of halogens is 1. The fraction of sp³-hybridized carbons (Fsp3) is 0.0526. The Morgan fingerprint density at radius 3 is 2.64 bits per heavy atom. The molecule has 0 radical (unpaired) electrons. The van der Waals surface area contributed by atoms with Crippen LogP contribution in [0.2, 0.25) is 5.02 Å². The molecule has 1 N–H and O–H groups in total. The van der Waals surface area contributed by atoms with Crippen molar-refractivity contribution in [1.82, 2.24) is 9.99 Å². The van der Waals surface area contributed by atoms with Crippen molar-refractivity contribution < 1.29 is 9.53 Å². The van der Waals surface area contributed by atoms with E-state index >= 15 is 0 Å². The maximum atomic E-state index is 11.8. The Morgan fingerprint density at radius 1 is 1.08 bits per heavy atom. The van der Waals surface area contributed by atoms with E-state index in [4.69, 9.17) is 16.3 Å². The quantitative estimate of drug-likeness (QED) is 0.543. The van der Waals surface area contributed by atoms with Crippen molar-refractivity contribution in [3.8, 4) is 11.4 Å². The maximum absolute atomic E-state index is 11.8. The van der Waals surface area contributed by atoms with Crippen LogP contribution in [0.5, 0.6) is 5.75 Å². The molecule has 3 rings (SSSR count). The van der Waals surface area contributed by atoms with Crippen LogP contribution in [-0.2, 0) is 4.79 Å². The van der Waals surface area contributed by atoms with Crippen molar-refractivity contribution in [1.29, 1.82) is 0 Å². The van der Waals surface area contributed by atoms with E-state index in [1.807, 2.05) is 53.2 Å². The summed E-state index contributed by atoms with van der Waals surface area (Å²) in [6, 6.07) is 20.7. The van der Waals surface area contributed by atoms with Crippen molar-refractivity contribution in [2.24, 2.45) is 5.10 Å². The van der Waals surface area contributed by atoms with Crippen LogP contribution in [0.3, 0.4) is 0 Å². The smallest absolute Gasteiger partial charge is 0.277 e. The van der Waals surface area contributed by atoms with E-state index in [9.17, 15) is 4.79 Å². The summed E-state index contributed by atoms with van der Waals surface area (Å²) in [6.07, 6.45) is 3.51. The molecule has 0 saturated heterocycles. The van der Waals surface area contributed by atoms with Crippen molar-refractivity contribution in [3.05, 3.63) is 83.6 Å². The van der Waals surface area contributed by atoms with Gasteiger partial charge in [-0.3, -0.25) is 4.79 Å². The van der Waals surface area contributed by atoms with Crippen LogP contribution < -0.4 is 10.2 Å². The standard InChI is InChI=1S/C19H16ClN3O2/c20-17-10-4-5-11-18(17)25-14-19(24)22-21-13-16-9-6-12-23(16)15-7-2-1-3-8-15/h1-13H,14H2,(H,22,24)/b21-13-. The molecule has 0 saturated carbocycles. The van der Waals surface area contributed by atoms with E-state index in [0.717, 1.165) is 11.4 Å². The van der Waals surface area contributed by atoms with E-state index in [1.54, 1.807) is 30.5 Å². The minimum atomic E-state index is -0.367. The van der Waals surface area contributed by atoms with E-state index in [1.165, 1.54) is 0 Å². The minimum Gasteiger partial charge on any atom is -0.482 e. The zero-order valence-electron chi connectivity index (χ0n) is 13.3. The van der Waals surface area contributed by atoms with Crippen LogP contribution >= 0.6 is 11.6 Å². The molecule has 0 bridgehead atoms. The highest BCUT2D eigenvalue weighted by Gasteiger charge is 2.05. The summed E-state index contributed by atoms with van der Waals surface area (Å²) < 4.78 is 7.32. The number of para-hydroxylation sites is 2. The zero-order chi connectivity index (χ0) is 17.5. The number of hydrazone groups is 1. The number of aromatic nitrogens is 1. The molecule has 1 heterocycles. The van der Waals surface area contributed by atoms with Gasteiger partial charge in [-0.15, -0.1) is 0 Å². The lowest BCUT2D eigenvalue weighted by molar-refractivity contribution is -0.123. The Kier molecular flexibility index (Phi) is 5.49. The predicted octanol–water partition coefficient (Wildman–Crippen LogP) is 3.66. The molecular weight excluding hydrogens is 338 g/mol. The topological polar surface area (TPSA) is 55.6 Å². The first-order valence-corrected chi connectivity index (χ1v) is 8.04. The van der Waals surface area contributed by atoms with E-state index in [2.05, 4.69) is 10.5 Å². The van der Waals surface area contributed by atoms with Gasteiger partial charge in [0.2, 0.25) is 0 Å². The highest BCUT2D eigenvalue weighted by molar-refractivity contribution is 6.32. The number of rotatable bonds is 6. The SMILES string of the molecule is O=C(COc1ccccc1Cl)N/N=C\c1cccn1-c1ccccc1. The van der Waals surface area contributed by atoms with Gasteiger partial charge in [0.15, 0.2) is 6.61 Å². The molecule has 6 heteroatoms. The number of carbonyl (C=O) groups is 1. The van der Waals surface area contributed by atoms with Gasteiger partial charge in [-0.25, -0.2) is 5.43 Å². The van der Waals surface area contributed by atoms with Crippen molar-refractivity contribution in [2.45, 2.75) is 0 Å². The number of hydrogen-bond acceptors (Lipinski definition) is 3. The molecule has 0 aliphatic rings. The number of nitrogens with zero attached hydrogens (tertiary/aromatic N) is 2. The number of hydrogen-bond donors (Lipinski definition) is 1. The van der Waals surface area contributed by atoms with Gasteiger partial charge in [-0.05, 0) is 36.4 Å². The zero-order valence-corrected chi connectivity index (χ0v) is 14.1. The molecule has 5 nitrogen and oxygen atoms in total. The fourth-order valence-electron chi connectivity index (χ4n) is 2.23. The van der Waals surface area contributed by atoms with Crippen LogP contribution in [0.25, 0.3) is 5.69 Å². The largest absolute Gasteiger partial charge is 0.482 e. The van der Waals surface area contributed by atoms with Gasteiger partial charge in [-0.2, -0.15) is 5.10 Å². The summed E-state index contributed by atoms with van der Waals surface area (Å²) in [5.41, 5.74) is 4.30. The number of ether oxygens (including phenoxy) is 1. The predicted molar refractivity (Wildman–Crippen MR) is 98.5 cm³/mol. The summed E-state index contributed by atoms with van der Waals surface area (Å²) in [5.74, 6) is 0.0928. The molecule has 0 aliphatic heterocycles. The van der Waals surface area contributed by atoms with Gasteiger partial charge in [0.25, 0.3) is 5.91 Å². The second-order valence-corrected chi connectivity index (χ2v) is 5.56. The minimum absolute atomic E-state index is 0.166. The average Bonchev–Trinajstić information content (AvgIpc) is 3.10. The third kappa shape index (κ3) is 4.49. The number of nitrogens with one attached hydrogen (secondary N) is 1. The van der Waals surface area contributed by atoms with E-state index in [0.29, 0.717) is 10.8 Å². The second kappa shape index (κ2) is 8.17. The lowest BCUT2D eigenvalue weighted by Gasteiger charge is -2.07. The van der Waals surface area contributed by atoms with Gasteiger partial charge in [-0.1, -0.05) is 41.9 Å². The Hall–Kier alpha value is -3.05. The third-order valence-electron chi connectivity index (χ3n) is 3.40. The summed E-state index contributed by atoms with van der Waals surface area (Å²) in [7, 11) is 0. The molecule has 1 aromatic heterocycles. The Morgan fingerprint density at radius 2 is 1.84 bits per heavy atom. The molecule has 0 spiro atoms. The molecule has 126 valence electrons. The van der Waals surface area contributed by atoms with E-state index < -0.39 is 0 Å². The molecule has 0 unspecified atom stereocenters. The van der Waals surface area contributed by atoms with Crippen molar-refractivity contribution in [3.63, 3.8) is 0 Å². The molecule has 3 aromatic rings. The molecule has 1 amide bonds. The van der Waals surface area contributed by atoms with Crippen molar-refractivity contribution >= 4 is 23.7 Å². The molecular formula is C19H16ClN3O2. The highest BCUT2D eigenvalue weighted by atomic mass is 35.5. The molecule has 2 aromatic carbocycles. The maximum Gasteiger partial charge on any atom is 0.277 e. The lowest BCUT2D eigenvalue weighted by atomic mass is 10.3. The van der Waals surface area contributed by atoms with Crippen molar-refractivity contribution in [2.75, 3.05) is 6.61 Å². The van der Waals surface area contributed by atoms with Gasteiger partial charge in [0, 0.05) is 11.9 Å². The summed E-state index contributed by atoms with van der Waals surface area (Å²) >= 11 is 5.97. The molecule has 0 atom stereocenters. The monoisotopic (exact) mass is 353 g/mol. The second-order valence-electron chi connectivity index (χ2n) is 5.15. The van der Waals surface area contributed by atoms with Gasteiger partial charge in [0.1, 0.15) is 5.75 Å². The highest BCUT2D eigenvalue weighted by Crippen LogP contribution is 2.22. The number of amides is 1. The van der Waals surface area contributed by atoms with Crippen LogP contribution in [0, 0.1) is 0 Å². The molecule has 25 heavy (non-hydrogen) atoms. The first kappa shape index (κ1) is 16.8. The Labute approximate surface area is 150 Å². The van der Waals surface area contributed by atoms with Crippen LogP contribution in [-0.4, -0.2) is 23.3 Å². The number of carbonyl (C=O) groups excluding carboxylic acids is 1. The Bertz CT molecular complexity index is 875. The Balaban J connectivity index is 1.56. The lowest BCUT2D eigenvalue weighted by Crippen LogP contribution is -2.24. The normalized spacial score (nSPS) is 10.8. The summed E-state index contributed by atoms with van der Waals surface area (Å²) in [5, 5.41) is 4.43. The first-order chi connectivity index (χ1) is 12.2. The van der Waals surface area contributed by atoms with Gasteiger partial charge >= 0.3 is 0 Å². The van der Waals surface area contributed by atoms with Crippen LogP contribution in [0.15, 0.2) is 78.0 Å². The number of benzene rings is 2. The van der Waals surface area contributed by atoms with Gasteiger partial charge < -0.3 is 9.30 Å². The fourth-order valence-corrected chi connectivity index (χ4v) is 2.42.